The van der Waals surface area contributed by atoms with Crippen LogP contribution in [-0.4, -0.2) is 40.0 Å². The van der Waals surface area contributed by atoms with E-state index in [1.54, 1.807) is 24.1 Å². The molecule has 0 saturated heterocycles. The van der Waals surface area contributed by atoms with E-state index in [9.17, 15) is 14.0 Å². The van der Waals surface area contributed by atoms with Gasteiger partial charge in [0.15, 0.2) is 0 Å². The van der Waals surface area contributed by atoms with Crippen molar-refractivity contribution < 1.29 is 18.7 Å². The minimum atomic E-state index is -1.10. The van der Waals surface area contributed by atoms with Gasteiger partial charge in [-0.2, -0.15) is 0 Å². The normalized spacial score (nSPS) is 20.8. The first-order valence-electron chi connectivity index (χ1n) is 11.4. The van der Waals surface area contributed by atoms with Crippen molar-refractivity contribution in [2.45, 2.75) is 57.3 Å². The number of carbonyl (C=O) groups is 2. The summed E-state index contributed by atoms with van der Waals surface area (Å²) in [7, 11) is 1.61. The van der Waals surface area contributed by atoms with E-state index in [4.69, 9.17) is 4.74 Å². The molecule has 5 rings (SSSR count). The SMILES string of the molecule is COc1ccc2cc3n(c2c1)C[C@](C)(C(=O)NC1CCCC1)N(Cc1ccc(F)cc1)C3=O. The Bertz CT molecular complexity index is 1210. The van der Waals surface area contributed by atoms with E-state index in [1.165, 1.54) is 12.1 Å². The summed E-state index contributed by atoms with van der Waals surface area (Å²) in [6.07, 6.45) is 4.13. The Morgan fingerprint density at radius 2 is 1.88 bits per heavy atom. The largest absolute Gasteiger partial charge is 0.497 e. The predicted molar refractivity (Wildman–Crippen MR) is 124 cm³/mol. The fraction of sp³-hybridized carbons (Fsp3) is 0.385. The molecule has 3 aromatic rings. The number of halogens is 1. The Balaban J connectivity index is 1.58. The maximum Gasteiger partial charge on any atom is 0.271 e. The van der Waals surface area contributed by atoms with Crippen LogP contribution in [0.2, 0.25) is 0 Å². The number of fused-ring (bicyclic) bond motifs is 3. The summed E-state index contributed by atoms with van der Waals surface area (Å²) >= 11 is 0. The fourth-order valence-electron chi connectivity index (χ4n) is 5.09. The van der Waals surface area contributed by atoms with Gasteiger partial charge in [-0.3, -0.25) is 9.59 Å². The molecule has 172 valence electrons. The van der Waals surface area contributed by atoms with E-state index in [0.29, 0.717) is 18.0 Å². The third-order valence-corrected chi connectivity index (χ3v) is 7.07. The number of hydrogen-bond acceptors (Lipinski definition) is 3. The number of methoxy groups -OCH3 is 1. The first-order valence-corrected chi connectivity index (χ1v) is 11.4. The van der Waals surface area contributed by atoms with Gasteiger partial charge >= 0.3 is 0 Å². The molecule has 7 heteroatoms. The standard InChI is InChI=1S/C26H28FN3O3/c1-26(25(32)28-20-5-3-4-6-20)16-29-22-14-21(33-2)12-9-18(22)13-23(29)24(31)30(26)15-17-7-10-19(27)11-8-17/h7-14,20H,3-6,15-16H2,1-2H3,(H,28,32)/t26-/m1/s1. The second-order valence-electron chi connectivity index (χ2n) is 9.29. The van der Waals surface area contributed by atoms with Gasteiger partial charge in [0, 0.05) is 24.0 Å². The molecule has 2 heterocycles. The third kappa shape index (κ3) is 3.75. The maximum atomic E-state index is 13.8. The van der Waals surface area contributed by atoms with E-state index in [0.717, 1.165) is 42.1 Å². The minimum Gasteiger partial charge on any atom is -0.497 e. The molecule has 0 spiro atoms. The smallest absolute Gasteiger partial charge is 0.271 e. The van der Waals surface area contributed by atoms with Gasteiger partial charge in [-0.1, -0.05) is 25.0 Å². The van der Waals surface area contributed by atoms with E-state index in [1.807, 2.05) is 35.8 Å². The van der Waals surface area contributed by atoms with E-state index < -0.39 is 5.54 Å². The lowest BCUT2D eigenvalue weighted by Crippen LogP contribution is -2.64. The van der Waals surface area contributed by atoms with Crippen molar-refractivity contribution in [2.75, 3.05) is 7.11 Å². The molecule has 2 aromatic carbocycles. The summed E-state index contributed by atoms with van der Waals surface area (Å²) in [6.45, 7) is 2.37. The van der Waals surface area contributed by atoms with Gasteiger partial charge < -0.3 is 19.5 Å². The Morgan fingerprint density at radius 1 is 1.15 bits per heavy atom. The van der Waals surface area contributed by atoms with Crippen molar-refractivity contribution in [3.8, 4) is 5.75 Å². The Kier molecular flexibility index (Phi) is 5.35. The maximum absolute atomic E-state index is 13.8. The molecule has 1 aliphatic carbocycles. The molecule has 1 saturated carbocycles. The number of carbonyl (C=O) groups excluding carboxylic acids is 2. The highest BCUT2D eigenvalue weighted by atomic mass is 19.1. The average molecular weight is 450 g/mol. The van der Waals surface area contributed by atoms with Crippen LogP contribution >= 0.6 is 0 Å². The highest BCUT2D eigenvalue weighted by Crippen LogP contribution is 2.35. The predicted octanol–water partition coefficient (Wildman–Crippen LogP) is 4.26. The zero-order valence-electron chi connectivity index (χ0n) is 18.9. The molecule has 0 radical (unpaired) electrons. The first-order chi connectivity index (χ1) is 15.9. The van der Waals surface area contributed by atoms with Crippen molar-refractivity contribution in [2.24, 2.45) is 0 Å². The van der Waals surface area contributed by atoms with Crippen molar-refractivity contribution in [3.05, 3.63) is 65.6 Å². The van der Waals surface area contributed by atoms with Crippen molar-refractivity contribution in [3.63, 3.8) is 0 Å². The molecule has 6 nitrogen and oxygen atoms in total. The van der Waals surface area contributed by atoms with Crippen LogP contribution in [0.5, 0.6) is 5.75 Å². The van der Waals surface area contributed by atoms with Crippen LogP contribution in [0.15, 0.2) is 48.5 Å². The summed E-state index contributed by atoms with van der Waals surface area (Å²) in [4.78, 5) is 29.1. The molecule has 33 heavy (non-hydrogen) atoms. The van der Waals surface area contributed by atoms with Gasteiger partial charge in [0.25, 0.3) is 5.91 Å². The lowest BCUT2D eigenvalue weighted by atomic mass is 9.93. The molecule has 1 aromatic heterocycles. The van der Waals surface area contributed by atoms with Crippen LogP contribution in [0.3, 0.4) is 0 Å². The van der Waals surface area contributed by atoms with Gasteiger partial charge in [0.05, 0.1) is 19.2 Å². The van der Waals surface area contributed by atoms with E-state index in [-0.39, 0.29) is 30.2 Å². The Hall–Kier alpha value is -3.35. The molecule has 0 bridgehead atoms. The van der Waals surface area contributed by atoms with Crippen LogP contribution < -0.4 is 10.1 Å². The molecule has 1 fully saturated rings. The quantitative estimate of drug-likeness (QED) is 0.633. The summed E-state index contributed by atoms with van der Waals surface area (Å²) in [5.41, 5.74) is 1.07. The first kappa shape index (κ1) is 21.5. The van der Waals surface area contributed by atoms with Crippen LogP contribution in [-0.2, 0) is 17.9 Å². The number of aromatic nitrogens is 1. The zero-order chi connectivity index (χ0) is 23.2. The Labute approximate surface area is 192 Å². The van der Waals surface area contributed by atoms with Gasteiger partial charge in [-0.05, 0) is 55.7 Å². The second-order valence-corrected chi connectivity index (χ2v) is 9.29. The monoisotopic (exact) mass is 449 g/mol. The fourth-order valence-corrected chi connectivity index (χ4v) is 5.09. The number of benzene rings is 2. The van der Waals surface area contributed by atoms with Gasteiger partial charge in [0.2, 0.25) is 5.91 Å². The molecular weight excluding hydrogens is 421 g/mol. The topological polar surface area (TPSA) is 63.6 Å². The van der Waals surface area contributed by atoms with Crippen molar-refractivity contribution in [1.82, 2.24) is 14.8 Å². The van der Waals surface area contributed by atoms with Crippen LogP contribution in [0, 0.1) is 5.82 Å². The number of nitrogens with zero attached hydrogens (tertiary/aromatic N) is 2. The van der Waals surface area contributed by atoms with Crippen molar-refractivity contribution >= 4 is 22.7 Å². The lowest BCUT2D eigenvalue weighted by Gasteiger charge is -2.44. The summed E-state index contributed by atoms with van der Waals surface area (Å²) in [5.74, 6) is -0.00805. The van der Waals surface area contributed by atoms with Gasteiger partial charge in [0.1, 0.15) is 22.8 Å². The van der Waals surface area contributed by atoms with Crippen molar-refractivity contribution in [1.29, 1.82) is 0 Å². The Morgan fingerprint density at radius 3 is 2.58 bits per heavy atom. The minimum absolute atomic E-state index is 0.139. The summed E-state index contributed by atoms with van der Waals surface area (Å²) < 4.78 is 20.8. The molecule has 2 amide bonds. The molecule has 1 N–H and O–H groups in total. The molecule has 0 unspecified atom stereocenters. The van der Waals surface area contributed by atoms with E-state index in [2.05, 4.69) is 5.32 Å². The van der Waals surface area contributed by atoms with Crippen LogP contribution in [0.25, 0.3) is 10.9 Å². The second kappa shape index (κ2) is 8.21. The van der Waals surface area contributed by atoms with Gasteiger partial charge in [-0.15, -0.1) is 0 Å². The number of hydrogen-bond donors (Lipinski definition) is 1. The number of rotatable bonds is 5. The lowest BCUT2D eigenvalue weighted by molar-refractivity contribution is -0.133. The number of nitrogens with one attached hydrogen (secondary N) is 1. The third-order valence-electron chi connectivity index (χ3n) is 7.07. The summed E-state index contributed by atoms with van der Waals surface area (Å²) in [5, 5.41) is 4.12. The molecular formula is C26H28FN3O3. The van der Waals surface area contributed by atoms with Crippen LogP contribution in [0.1, 0.15) is 48.7 Å². The highest BCUT2D eigenvalue weighted by molar-refractivity contribution is 6.03. The van der Waals surface area contributed by atoms with E-state index >= 15 is 0 Å². The number of ether oxygens (including phenoxy) is 1. The molecule has 2 aliphatic rings. The summed E-state index contributed by atoms with van der Waals surface area (Å²) in [6, 6.07) is 13.8. The van der Waals surface area contributed by atoms with Crippen LogP contribution in [0.4, 0.5) is 4.39 Å². The molecule has 1 atom stereocenters. The van der Waals surface area contributed by atoms with Gasteiger partial charge in [-0.25, -0.2) is 4.39 Å². The number of amides is 2. The highest BCUT2D eigenvalue weighted by Gasteiger charge is 2.48. The average Bonchev–Trinajstić information content (AvgIpc) is 3.45. The molecule has 1 aliphatic heterocycles. The zero-order valence-corrected chi connectivity index (χ0v) is 18.9.